The summed E-state index contributed by atoms with van der Waals surface area (Å²) in [6.45, 7) is 2.29. The largest absolute Gasteiger partial charge is 0.495 e. The van der Waals surface area contributed by atoms with Gasteiger partial charge in [0.1, 0.15) is 5.75 Å². The smallest absolute Gasteiger partial charge is 0.336 e. The van der Waals surface area contributed by atoms with Crippen molar-refractivity contribution in [3.05, 3.63) is 52.4 Å². The van der Waals surface area contributed by atoms with E-state index in [1.54, 1.807) is 24.1 Å². The number of hydrogen-bond acceptors (Lipinski definition) is 3. The van der Waals surface area contributed by atoms with E-state index in [0.717, 1.165) is 40.4 Å². The van der Waals surface area contributed by atoms with Crippen LogP contribution in [0.15, 0.2) is 35.7 Å². The van der Waals surface area contributed by atoms with Gasteiger partial charge in [-0.2, -0.15) is 0 Å². The Hall–Kier alpha value is -2.33. The standard InChI is InChI=1S/C28H30O3S/c1-3-19-9-20-4-5-22(25-10-21(15-32-25)27(29)30)26(31-2)23(20)11-24(19)28-12-16-6-17(13-28)8-18(7-16)14-28/h4-5,9-11,15-18H,3,6-8,12-14H2,1-2H3,(H,29,30). The van der Waals surface area contributed by atoms with Crippen LogP contribution in [0.25, 0.3) is 21.2 Å². The summed E-state index contributed by atoms with van der Waals surface area (Å²) in [5, 5.41) is 13.5. The SMILES string of the molecule is CCc1cc2ccc(-c3cc(C(=O)O)cs3)c(OC)c2cc1C12CC3CC(CC(C3)C1)C2. The quantitative estimate of drug-likeness (QED) is 0.447. The first-order chi connectivity index (χ1) is 15.5. The summed E-state index contributed by atoms with van der Waals surface area (Å²) < 4.78 is 5.99. The summed E-state index contributed by atoms with van der Waals surface area (Å²) in [5.74, 6) is 2.72. The molecule has 3 aromatic rings. The molecule has 4 saturated carbocycles. The molecule has 0 unspecified atom stereocenters. The van der Waals surface area contributed by atoms with E-state index in [9.17, 15) is 9.90 Å². The minimum Gasteiger partial charge on any atom is -0.495 e. The molecule has 0 amide bonds. The van der Waals surface area contributed by atoms with E-state index < -0.39 is 5.97 Å². The van der Waals surface area contributed by atoms with Gasteiger partial charge in [-0.3, -0.25) is 0 Å². The summed E-state index contributed by atoms with van der Waals surface area (Å²) in [7, 11) is 1.74. The van der Waals surface area contributed by atoms with Crippen molar-refractivity contribution in [3.8, 4) is 16.2 Å². The average molecular weight is 447 g/mol. The summed E-state index contributed by atoms with van der Waals surface area (Å²) in [4.78, 5) is 12.4. The second kappa shape index (κ2) is 7.34. The normalized spacial score (nSPS) is 28.4. The topological polar surface area (TPSA) is 46.5 Å². The number of aromatic carboxylic acids is 1. The van der Waals surface area contributed by atoms with Crippen molar-refractivity contribution < 1.29 is 14.6 Å². The highest BCUT2D eigenvalue weighted by Crippen LogP contribution is 2.61. The molecule has 32 heavy (non-hydrogen) atoms. The van der Waals surface area contributed by atoms with Crippen molar-refractivity contribution >= 4 is 28.1 Å². The van der Waals surface area contributed by atoms with Crippen LogP contribution in [-0.2, 0) is 11.8 Å². The third kappa shape index (κ3) is 3.02. The lowest BCUT2D eigenvalue weighted by Gasteiger charge is -2.57. The molecule has 3 nitrogen and oxygen atoms in total. The van der Waals surface area contributed by atoms with E-state index >= 15 is 0 Å². The van der Waals surface area contributed by atoms with Crippen LogP contribution in [0.5, 0.6) is 5.75 Å². The van der Waals surface area contributed by atoms with Crippen molar-refractivity contribution in [1.29, 1.82) is 0 Å². The van der Waals surface area contributed by atoms with E-state index in [1.807, 2.05) is 0 Å². The number of thiophene rings is 1. The lowest BCUT2D eigenvalue weighted by Crippen LogP contribution is -2.48. The Labute approximate surface area is 193 Å². The molecule has 7 rings (SSSR count). The van der Waals surface area contributed by atoms with Crippen LogP contribution in [-0.4, -0.2) is 18.2 Å². The lowest BCUT2D eigenvalue weighted by atomic mass is 9.47. The van der Waals surface area contributed by atoms with Crippen molar-refractivity contribution in [3.63, 3.8) is 0 Å². The van der Waals surface area contributed by atoms with Gasteiger partial charge in [-0.25, -0.2) is 4.79 Å². The van der Waals surface area contributed by atoms with Crippen LogP contribution in [0.2, 0.25) is 0 Å². The fraction of sp³-hybridized carbons (Fsp3) is 0.464. The first-order valence-electron chi connectivity index (χ1n) is 12.0. The maximum Gasteiger partial charge on any atom is 0.336 e. The summed E-state index contributed by atoms with van der Waals surface area (Å²) in [6, 6.07) is 10.9. The molecule has 0 radical (unpaired) electrons. The number of ether oxygens (including phenoxy) is 1. The van der Waals surface area contributed by atoms with Crippen LogP contribution < -0.4 is 4.74 Å². The highest BCUT2D eigenvalue weighted by molar-refractivity contribution is 7.13. The van der Waals surface area contributed by atoms with Gasteiger partial charge in [0.2, 0.25) is 0 Å². The maximum absolute atomic E-state index is 11.4. The number of fused-ring (bicyclic) bond motifs is 1. The van der Waals surface area contributed by atoms with Crippen molar-refractivity contribution in [1.82, 2.24) is 0 Å². The van der Waals surface area contributed by atoms with E-state index in [4.69, 9.17) is 4.74 Å². The van der Waals surface area contributed by atoms with Gasteiger partial charge >= 0.3 is 5.97 Å². The van der Waals surface area contributed by atoms with Crippen LogP contribution in [0.3, 0.4) is 0 Å². The number of carbonyl (C=O) groups is 1. The molecular formula is C28H30O3S. The molecule has 4 aliphatic rings. The van der Waals surface area contributed by atoms with Gasteiger partial charge in [-0.1, -0.05) is 19.1 Å². The molecule has 4 heteroatoms. The van der Waals surface area contributed by atoms with Crippen molar-refractivity contribution in [2.45, 2.75) is 57.3 Å². The van der Waals surface area contributed by atoms with E-state index in [0.29, 0.717) is 11.0 Å². The van der Waals surface area contributed by atoms with E-state index in [-0.39, 0.29) is 0 Å². The van der Waals surface area contributed by atoms with Crippen LogP contribution >= 0.6 is 11.3 Å². The van der Waals surface area contributed by atoms with E-state index in [1.165, 1.54) is 66.2 Å². The van der Waals surface area contributed by atoms with Gasteiger partial charge in [0.05, 0.1) is 12.7 Å². The molecule has 0 atom stereocenters. The Morgan fingerprint density at radius 3 is 2.34 bits per heavy atom. The summed E-state index contributed by atoms with van der Waals surface area (Å²) in [5.41, 5.74) is 4.73. The fourth-order valence-electron chi connectivity index (χ4n) is 7.62. The average Bonchev–Trinajstić information content (AvgIpc) is 3.27. The molecule has 4 aliphatic carbocycles. The van der Waals surface area contributed by atoms with Gasteiger partial charge < -0.3 is 9.84 Å². The zero-order valence-corrected chi connectivity index (χ0v) is 19.6. The zero-order valence-electron chi connectivity index (χ0n) is 18.8. The molecule has 1 aromatic heterocycles. The molecule has 0 spiro atoms. The second-order valence-electron chi connectivity index (χ2n) is 10.4. The van der Waals surface area contributed by atoms with Crippen LogP contribution in [0.4, 0.5) is 0 Å². The Bertz CT molecular complexity index is 1190. The molecule has 1 N–H and O–H groups in total. The van der Waals surface area contributed by atoms with Crippen molar-refractivity contribution in [2.75, 3.05) is 7.11 Å². The summed E-state index contributed by atoms with van der Waals surface area (Å²) in [6.07, 6.45) is 9.47. The number of carboxylic acid groups (broad SMARTS) is 1. The molecule has 0 saturated heterocycles. The molecule has 4 bridgehead atoms. The monoisotopic (exact) mass is 446 g/mol. The number of aryl methyl sites for hydroxylation is 1. The Kier molecular flexibility index (Phi) is 4.66. The minimum absolute atomic E-state index is 0.336. The second-order valence-corrected chi connectivity index (χ2v) is 11.3. The number of methoxy groups -OCH3 is 1. The minimum atomic E-state index is -0.885. The number of hydrogen-bond donors (Lipinski definition) is 1. The zero-order chi connectivity index (χ0) is 22.0. The molecule has 2 aromatic carbocycles. The third-order valence-corrected chi connectivity index (χ3v) is 9.46. The predicted molar refractivity (Wildman–Crippen MR) is 130 cm³/mol. The van der Waals surface area contributed by atoms with Gasteiger partial charge in [0, 0.05) is 21.2 Å². The van der Waals surface area contributed by atoms with Gasteiger partial charge in [0.25, 0.3) is 0 Å². The third-order valence-electron chi connectivity index (χ3n) is 8.50. The molecule has 4 fully saturated rings. The number of carboxylic acids is 1. The molecular weight excluding hydrogens is 416 g/mol. The van der Waals surface area contributed by atoms with Crippen LogP contribution in [0.1, 0.15) is 66.9 Å². The first kappa shape index (κ1) is 20.3. The maximum atomic E-state index is 11.4. The summed E-state index contributed by atoms with van der Waals surface area (Å²) >= 11 is 1.47. The first-order valence-corrected chi connectivity index (χ1v) is 12.8. The highest BCUT2D eigenvalue weighted by Gasteiger charge is 2.52. The Morgan fingerprint density at radius 2 is 1.78 bits per heavy atom. The van der Waals surface area contributed by atoms with E-state index in [2.05, 4.69) is 31.2 Å². The Balaban J connectivity index is 1.53. The van der Waals surface area contributed by atoms with Gasteiger partial charge in [-0.15, -0.1) is 11.3 Å². The molecule has 1 heterocycles. The predicted octanol–water partition coefficient (Wildman–Crippen LogP) is 7.31. The lowest BCUT2D eigenvalue weighted by molar-refractivity contribution is -0.00550. The number of benzene rings is 2. The van der Waals surface area contributed by atoms with Gasteiger partial charge in [0.15, 0.2) is 0 Å². The van der Waals surface area contributed by atoms with Gasteiger partial charge in [-0.05, 0) is 103 Å². The number of rotatable bonds is 5. The Morgan fingerprint density at radius 1 is 1.09 bits per heavy atom. The molecule has 166 valence electrons. The van der Waals surface area contributed by atoms with Crippen LogP contribution in [0, 0.1) is 17.8 Å². The highest BCUT2D eigenvalue weighted by atomic mass is 32.1. The van der Waals surface area contributed by atoms with Crippen molar-refractivity contribution in [2.24, 2.45) is 17.8 Å². The fourth-order valence-corrected chi connectivity index (χ4v) is 8.53. The molecule has 0 aliphatic heterocycles.